The summed E-state index contributed by atoms with van der Waals surface area (Å²) in [7, 11) is 1.59. The second-order valence-electron chi connectivity index (χ2n) is 5.67. The van der Waals surface area contributed by atoms with Gasteiger partial charge in [0.2, 0.25) is 5.88 Å². The molecular weight excluding hydrogens is 268 g/mol. The number of aromatic nitrogens is 1. The van der Waals surface area contributed by atoms with Crippen molar-refractivity contribution >= 4 is 11.6 Å². The molecule has 5 heteroatoms. The van der Waals surface area contributed by atoms with E-state index in [-0.39, 0.29) is 5.91 Å². The SMILES string of the molecule is CCCOc1ccc(NC(=O)[C@@](C)(OC)C2CC2)c(C)n1. The number of nitrogens with zero attached hydrogens (tertiary/aromatic N) is 1. The normalized spacial score (nSPS) is 17.1. The third kappa shape index (κ3) is 3.53. The third-order valence-corrected chi connectivity index (χ3v) is 3.99. The average molecular weight is 292 g/mol. The predicted molar refractivity (Wildman–Crippen MR) is 81.5 cm³/mol. The molecule has 21 heavy (non-hydrogen) atoms. The van der Waals surface area contributed by atoms with Gasteiger partial charge in [-0.05, 0) is 45.1 Å². The number of anilines is 1. The number of amides is 1. The van der Waals surface area contributed by atoms with E-state index in [4.69, 9.17) is 9.47 Å². The van der Waals surface area contributed by atoms with Crippen LogP contribution in [0, 0.1) is 12.8 Å². The largest absolute Gasteiger partial charge is 0.478 e. The van der Waals surface area contributed by atoms with Gasteiger partial charge in [0.25, 0.3) is 5.91 Å². The van der Waals surface area contributed by atoms with Gasteiger partial charge in [0, 0.05) is 13.2 Å². The zero-order valence-corrected chi connectivity index (χ0v) is 13.2. The van der Waals surface area contributed by atoms with Gasteiger partial charge in [0.05, 0.1) is 18.0 Å². The van der Waals surface area contributed by atoms with E-state index in [9.17, 15) is 4.79 Å². The maximum Gasteiger partial charge on any atom is 0.256 e. The van der Waals surface area contributed by atoms with Crippen molar-refractivity contribution in [2.75, 3.05) is 19.0 Å². The van der Waals surface area contributed by atoms with E-state index in [1.165, 1.54) is 0 Å². The van der Waals surface area contributed by atoms with Gasteiger partial charge in [-0.25, -0.2) is 4.98 Å². The van der Waals surface area contributed by atoms with E-state index in [0.29, 0.717) is 24.1 Å². The maximum atomic E-state index is 12.5. The van der Waals surface area contributed by atoms with E-state index in [1.54, 1.807) is 13.2 Å². The molecule has 0 saturated heterocycles. The number of hydrogen-bond acceptors (Lipinski definition) is 4. The molecule has 1 saturated carbocycles. The lowest BCUT2D eigenvalue weighted by molar-refractivity contribution is -0.138. The molecule has 0 radical (unpaired) electrons. The standard InChI is InChI=1S/C16H24N2O3/c1-5-10-21-14-9-8-13(11(2)17-14)18-15(19)16(3,20-4)12-6-7-12/h8-9,12H,5-7,10H2,1-4H3,(H,18,19)/t16-/m0/s1. The highest BCUT2D eigenvalue weighted by molar-refractivity contribution is 5.98. The van der Waals surface area contributed by atoms with Crippen LogP contribution in [-0.4, -0.2) is 30.2 Å². The van der Waals surface area contributed by atoms with Gasteiger partial charge in [-0.1, -0.05) is 6.92 Å². The Morgan fingerprint density at radius 3 is 2.71 bits per heavy atom. The number of carbonyl (C=O) groups excluding carboxylic acids is 1. The number of hydrogen-bond donors (Lipinski definition) is 1. The summed E-state index contributed by atoms with van der Waals surface area (Å²) in [5.74, 6) is 0.784. The summed E-state index contributed by atoms with van der Waals surface area (Å²) in [6.45, 7) is 6.39. The topological polar surface area (TPSA) is 60.5 Å². The lowest BCUT2D eigenvalue weighted by atomic mass is 9.99. The Kier molecular flexibility index (Phi) is 4.83. The fourth-order valence-electron chi connectivity index (χ4n) is 2.28. The highest BCUT2D eigenvalue weighted by Gasteiger charge is 2.47. The molecule has 1 amide bonds. The minimum Gasteiger partial charge on any atom is -0.478 e. The molecule has 2 rings (SSSR count). The third-order valence-electron chi connectivity index (χ3n) is 3.99. The first-order chi connectivity index (χ1) is 10.0. The van der Waals surface area contributed by atoms with Crippen molar-refractivity contribution in [1.82, 2.24) is 4.98 Å². The van der Waals surface area contributed by atoms with Gasteiger partial charge in [0.1, 0.15) is 5.60 Å². The smallest absolute Gasteiger partial charge is 0.256 e. The molecule has 0 aliphatic heterocycles. The van der Waals surface area contributed by atoms with E-state index >= 15 is 0 Å². The quantitative estimate of drug-likeness (QED) is 0.839. The van der Waals surface area contributed by atoms with Crippen molar-refractivity contribution in [2.45, 2.75) is 45.6 Å². The zero-order valence-electron chi connectivity index (χ0n) is 13.2. The molecule has 1 aromatic heterocycles. The van der Waals surface area contributed by atoms with Crippen LogP contribution in [0.15, 0.2) is 12.1 Å². The molecule has 1 aliphatic carbocycles. The Morgan fingerprint density at radius 2 is 2.19 bits per heavy atom. The highest BCUT2D eigenvalue weighted by atomic mass is 16.5. The first kappa shape index (κ1) is 15.8. The summed E-state index contributed by atoms with van der Waals surface area (Å²) in [5.41, 5.74) is 0.683. The van der Waals surface area contributed by atoms with Crippen molar-refractivity contribution < 1.29 is 14.3 Å². The van der Waals surface area contributed by atoms with Crippen LogP contribution in [0.4, 0.5) is 5.69 Å². The molecule has 1 aromatic rings. The second kappa shape index (κ2) is 6.43. The summed E-state index contributed by atoms with van der Waals surface area (Å²) < 4.78 is 10.9. The molecular formula is C16H24N2O3. The molecule has 1 fully saturated rings. The van der Waals surface area contributed by atoms with Crippen LogP contribution in [0.25, 0.3) is 0 Å². The van der Waals surface area contributed by atoms with Crippen molar-refractivity contribution in [1.29, 1.82) is 0 Å². The van der Waals surface area contributed by atoms with Gasteiger partial charge in [-0.3, -0.25) is 4.79 Å². The number of nitrogens with one attached hydrogen (secondary N) is 1. The average Bonchev–Trinajstić information content (AvgIpc) is 3.31. The minimum absolute atomic E-state index is 0.111. The van der Waals surface area contributed by atoms with Gasteiger partial charge in [-0.2, -0.15) is 0 Å². The maximum absolute atomic E-state index is 12.5. The molecule has 5 nitrogen and oxygen atoms in total. The van der Waals surface area contributed by atoms with Crippen LogP contribution in [-0.2, 0) is 9.53 Å². The number of pyridine rings is 1. The van der Waals surface area contributed by atoms with Crippen molar-refractivity contribution in [3.8, 4) is 5.88 Å². The Bertz CT molecular complexity index is 514. The van der Waals surface area contributed by atoms with Crippen LogP contribution < -0.4 is 10.1 Å². The first-order valence-electron chi connectivity index (χ1n) is 7.48. The predicted octanol–water partition coefficient (Wildman–Crippen LogP) is 2.93. The summed E-state index contributed by atoms with van der Waals surface area (Å²) in [6, 6.07) is 3.60. The molecule has 1 N–H and O–H groups in total. The molecule has 116 valence electrons. The van der Waals surface area contributed by atoms with E-state index in [2.05, 4.69) is 10.3 Å². The van der Waals surface area contributed by atoms with Crippen LogP contribution in [0.5, 0.6) is 5.88 Å². The monoisotopic (exact) mass is 292 g/mol. The summed E-state index contributed by atoms with van der Waals surface area (Å²) in [6.07, 6.45) is 3.02. The van der Waals surface area contributed by atoms with Gasteiger partial charge >= 0.3 is 0 Å². The van der Waals surface area contributed by atoms with Crippen LogP contribution in [0.1, 0.15) is 38.8 Å². The number of ether oxygens (including phenoxy) is 2. The van der Waals surface area contributed by atoms with Crippen molar-refractivity contribution in [3.05, 3.63) is 17.8 Å². The first-order valence-corrected chi connectivity index (χ1v) is 7.48. The summed E-state index contributed by atoms with van der Waals surface area (Å²) in [5, 5.41) is 2.92. The van der Waals surface area contributed by atoms with Crippen LogP contribution in [0.2, 0.25) is 0 Å². The summed E-state index contributed by atoms with van der Waals surface area (Å²) in [4.78, 5) is 16.8. The Morgan fingerprint density at radius 1 is 1.48 bits per heavy atom. The van der Waals surface area contributed by atoms with Crippen molar-refractivity contribution in [3.63, 3.8) is 0 Å². The molecule has 1 aliphatic rings. The van der Waals surface area contributed by atoms with Crippen molar-refractivity contribution in [2.24, 2.45) is 5.92 Å². The second-order valence-corrected chi connectivity index (χ2v) is 5.67. The summed E-state index contributed by atoms with van der Waals surface area (Å²) >= 11 is 0. The number of aryl methyl sites for hydroxylation is 1. The highest BCUT2D eigenvalue weighted by Crippen LogP contribution is 2.42. The fourth-order valence-corrected chi connectivity index (χ4v) is 2.28. The molecule has 0 unspecified atom stereocenters. The minimum atomic E-state index is -0.760. The molecule has 1 atom stereocenters. The van der Waals surface area contributed by atoms with Gasteiger partial charge in [-0.15, -0.1) is 0 Å². The Balaban J connectivity index is 2.07. The fraction of sp³-hybridized carbons (Fsp3) is 0.625. The molecule has 0 aromatic carbocycles. The van der Waals surface area contributed by atoms with Crippen LogP contribution >= 0.6 is 0 Å². The van der Waals surface area contributed by atoms with Gasteiger partial charge in [0.15, 0.2) is 0 Å². The number of methoxy groups -OCH3 is 1. The molecule has 1 heterocycles. The zero-order chi connectivity index (χ0) is 15.5. The van der Waals surface area contributed by atoms with E-state index < -0.39 is 5.60 Å². The Labute approximate surface area is 126 Å². The molecule has 0 spiro atoms. The van der Waals surface area contributed by atoms with Crippen LogP contribution in [0.3, 0.4) is 0 Å². The number of rotatable bonds is 7. The lowest BCUT2D eigenvalue weighted by Gasteiger charge is -2.27. The lowest BCUT2D eigenvalue weighted by Crippen LogP contribution is -2.44. The molecule has 0 bridgehead atoms. The van der Waals surface area contributed by atoms with E-state index in [0.717, 1.165) is 25.0 Å². The van der Waals surface area contributed by atoms with Gasteiger partial charge < -0.3 is 14.8 Å². The van der Waals surface area contributed by atoms with E-state index in [1.807, 2.05) is 26.8 Å². The Hall–Kier alpha value is -1.62. The number of carbonyl (C=O) groups is 1.